The van der Waals surface area contributed by atoms with Crippen LogP contribution in [0.2, 0.25) is 0 Å². The molecule has 12 atom stereocenters. The van der Waals surface area contributed by atoms with Crippen molar-refractivity contribution < 1.29 is 92.3 Å². The van der Waals surface area contributed by atoms with Crippen LogP contribution >= 0.6 is 0 Å². The average molecular weight is 743 g/mol. The second-order valence-electron chi connectivity index (χ2n) is 11.2. The second-order valence-corrected chi connectivity index (χ2v) is 11.2. The van der Waals surface area contributed by atoms with Gasteiger partial charge in [-0.05, 0) is 0 Å². The molecule has 0 bridgehead atoms. The number of aliphatic hydroxyl groups is 3. The lowest BCUT2D eigenvalue weighted by Gasteiger charge is -2.45. The van der Waals surface area contributed by atoms with Crippen LogP contribution in [0, 0.1) is 0 Å². The average Bonchev–Trinajstić information content (AvgIpc) is 3.02. The van der Waals surface area contributed by atoms with E-state index in [2.05, 4.69) is 10.6 Å². The van der Waals surface area contributed by atoms with Crippen LogP contribution in [0.1, 0.15) is 34.6 Å². The first kappa shape index (κ1) is 45.0. The third-order valence-corrected chi connectivity index (χ3v) is 6.84. The summed E-state index contributed by atoms with van der Waals surface area (Å²) in [6, 6.07) is -5.04. The Balaban J connectivity index is 0.000000543. The van der Waals surface area contributed by atoms with Crippen molar-refractivity contribution in [3.8, 4) is 0 Å². The topological polar surface area (TPSA) is 361 Å². The maximum atomic E-state index is 11.7. The molecule has 2 heterocycles. The van der Waals surface area contributed by atoms with Gasteiger partial charge in [-0.3, -0.25) is 33.6 Å². The number of hydrogen-bond acceptors (Lipinski definition) is 19. The van der Waals surface area contributed by atoms with Gasteiger partial charge in [0.05, 0.1) is 19.8 Å². The van der Waals surface area contributed by atoms with Crippen LogP contribution in [0.3, 0.4) is 0 Å². The zero-order valence-electron chi connectivity index (χ0n) is 28.4. The van der Waals surface area contributed by atoms with E-state index in [0.29, 0.717) is 0 Å². The smallest absolute Gasteiger partial charge is 0.322 e. The molecule has 23 nitrogen and oxygen atoms in total. The first-order chi connectivity index (χ1) is 23.7. The van der Waals surface area contributed by atoms with Gasteiger partial charge in [-0.25, -0.2) is 0 Å². The summed E-state index contributed by atoms with van der Waals surface area (Å²) in [5.41, 5.74) is 10.7. The SMILES string of the molecule is CC(=O)N[C@H]1C(O)[C@H](O)C(CO)O[C@H]1OC[C@H](N)C(=O)O.CC(=O)N[C@H]1C(OC(C)=O)[C@H](OC(C)=O)C(COC(C)=O)O[C@H]1OC[C@H](N)C(=O)O. The van der Waals surface area contributed by atoms with Crippen molar-refractivity contribution in [3.63, 3.8) is 0 Å². The van der Waals surface area contributed by atoms with Gasteiger partial charge in [-0.15, -0.1) is 0 Å². The molecule has 0 spiro atoms. The van der Waals surface area contributed by atoms with Gasteiger partial charge < -0.3 is 80.8 Å². The van der Waals surface area contributed by atoms with Crippen LogP contribution in [-0.4, -0.2) is 167 Å². The highest BCUT2D eigenvalue weighted by Gasteiger charge is 2.51. The lowest BCUT2D eigenvalue weighted by molar-refractivity contribution is -0.278. The van der Waals surface area contributed by atoms with E-state index >= 15 is 0 Å². The Labute approximate surface area is 290 Å². The number of esters is 3. The van der Waals surface area contributed by atoms with Crippen molar-refractivity contribution in [2.75, 3.05) is 26.4 Å². The standard InChI is InChI=1S/C17H26N2O11.C11H20N2O8/c1-7(20)19-13-15(29-10(4)23)14(28-9(3)22)12(6-26-8(2)21)30-17(13)27-5-11(18)16(24)25;1-4(15)13-7-9(17)8(16)6(2-14)21-11(7)20-3-5(12)10(18)19/h11-15,17H,5-6,18H2,1-4H3,(H,19,20)(H,24,25);5-9,11,14,16-17H,2-3,12H2,1H3,(H,13,15)(H,18,19)/t11-,12?,13-,14+,15?,17+;5-,6?,7-,8+,9?,11+/m00/s1. The van der Waals surface area contributed by atoms with Crippen molar-refractivity contribution in [2.45, 2.75) is 108 Å². The lowest BCUT2D eigenvalue weighted by atomic mass is 9.96. The lowest BCUT2D eigenvalue weighted by Crippen LogP contribution is -2.66. The number of carbonyl (C=O) groups is 7. The van der Waals surface area contributed by atoms with Gasteiger partial charge in [-0.1, -0.05) is 0 Å². The summed E-state index contributed by atoms with van der Waals surface area (Å²) < 4.78 is 36.8. The predicted octanol–water partition coefficient (Wildman–Crippen LogP) is -5.57. The Bertz CT molecular complexity index is 1220. The third kappa shape index (κ3) is 15.0. The Morgan fingerprint density at radius 3 is 1.51 bits per heavy atom. The molecule has 0 saturated carbocycles. The molecule has 11 N–H and O–H groups in total. The molecule has 0 radical (unpaired) electrons. The number of carboxylic acid groups (broad SMARTS) is 2. The number of rotatable bonds is 15. The fourth-order valence-electron chi connectivity index (χ4n) is 4.59. The van der Waals surface area contributed by atoms with Crippen LogP contribution in [0.5, 0.6) is 0 Å². The van der Waals surface area contributed by atoms with Gasteiger partial charge in [0.15, 0.2) is 24.8 Å². The first-order valence-corrected chi connectivity index (χ1v) is 15.2. The second kappa shape index (κ2) is 21.3. The highest BCUT2D eigenvalue weighted by atomic mass is 16.7. The van der Waals surface area contributed by atoms with Gasteiger partial charge in [0.2, 0.25) is 11.8 Å². The Kier molecular flexibility index (Phi) is 18.8. The van der Waals surface area contributed by atoms with E-state index in [4.69, 9.17) is 59.9 Å². The molecule has 0 aromatic rings. The molecule has 4 unspecified atom stereocenters. The quantitative estimate of drug-likeness (QED) is 0.0558. The highest BCUT2D eigenvalue weighted by molar-refractivity contribution is 5.75. The van der Waals surface area contributed by atoms with Crippen LogP contribution in [0.25, 0.3) is 0 Å². The fourth-order valence-corrected chi connectivity index (χ4v) is 4.59. The van der Waals surface area contributed by atoms with Gasteiger partial charge in [0.25, 0.3) is 0 Å². The van der Waals surface area contributed by atoms with E-state index in [1.807, 2.05) is 0 Å². The monoisotopic (exact) mass is 742 g/mol. The normalized spacial score (nSPS) is 29.8. The summed E-state index contributed by atoms with van der Waals surface area (Å²) >= 11 is 0. The van der Waals surface area contributed by atoms with Crippen LogP contribution in [0.15, 0.2) is 0 Å². The number of nitrogens with two attached hydrogens (primary N) is 2. The minimum Gasteiger partial charge on any atom is -0.480 e. The fraction of sp³-hybridized carbons (Fsp3) is 0.750. The molecule has 0 aromatic carbocycles. The summed E-state index contributed by atoms with van der Waals surface area (Å²) in [5, 5.41) is 51.2. The minimum atomic E-state index is -1.45. The largest absolute Gasteiger partial charge is 0.480 e. The first-order valence-electron chi connectivity index (χ1n) is 15.2. The van der Waals surface area contributed by atoms with Gasteiger partial charge in [0, 0.05) is 34.6 Å². The van der Waals surface area contributed by atoms with E-state index in [1.54, 1.807) is 0 Å². The number of aliphatic hydroxyl groups excluding tert-OH is 3. The van der Waals surface area contributed by atoms with E-state index in [0.717, 1.165) is 20.8 Å². The molecule has 23 heteroatoms. The molecular formula is C28H46N4O19. The molecule has 2 aliphatic heterocycles. The highest BCUT2D eigenvalue weighted by Crippen LogP contribution is 2.28. The molecule has 2 amide bonds. The number of nitrogens with one attached hydrogen (secondary N) is 2. The van der Waals surface area contributed by atoms with Crippen molar-refractivity contribution in [1.82, 2.24) is 10.6 Å². The summed E-state index contributed by atoms with van der Waals surface area (Å²) in [5.74, 6) is -5.86. The van der Waals surface area contributed by atoms with Gasteiger partial charge >= 0.3 is 29.8 Å². The Morgan fingerprint density at radius 2 is 1.10 bits per heavy atom. The number of hydrogen-bond donors (Lipinski definition) is 9. The molecule has 2 rings (SSSR count). The third-order valence-electron chi connectivity index (χ3n) is 6.84. The summed E-state index contributed by atoms with van der Waals surface area (Å²) in [6.07, 6.45) is -10.3. The molecule has 2 saturated heterocycles. The predicted molar refractivity (Wildman–Crippen MR) is 162 cm³/mol. The number of ether oxygens (including phenoxy) is 7. The number of amides is 2. The summed E-state index contributed by atoms with van der Waals surface area (Å²) in [7, 11) is 0. The molecule has 292 valence electrons. The van der Waals surface area contributed by atoms with E-state index in [9.17, 15) is 43.8 Å². The van der Waals surface area contributed by atoms with Crippen molar-refractivity contribution in [1.29, 1.82) is 0 Å². The maximum Gasteiger partial charge on any atom is 0.322 e. The number of carboxylic acids is 2. The van der Waals surface area contributed by atoms with Crippen LogP contribution < -0.4 is 22.1 Å². The summed E-state index contributed by atoms with van der Waals surface area (Å²) in [4.78, 5) is 78.9. The van der Waals surface area contributed by atoms with Gasteiger partial charge in [-0.2, -0.15) is 0 Å². The molecular weight excluding hydrogens is 696 g/mol. The zero-order chi connectivity index (χ0) is 39.2. The molecule has 0 aliphatic carbocycles. The van der Waals surface area contributed by atoms with Crippen LogP contribution in [0.4, 0.5) is 0 Å². The van der Waals surface area contributed by atoms with Crippen molar-refractivity contribution in [2.24, 2.45) is 11.5 Å². The number of aliphatic carboxylic acids is 2. The molecule has 2 aliphatic rings. The Hall–Kier alpha value is -4.07. The van der Waals surface area contributed by atoms with E-state index in [1.165, 1.54) is 13.8 Å². The molecule has 0 aromatic heterocycles. The maximum absolute atomic E-state index is 11.7. The van der Waals surface area contributed by atoms with Crippen LogP contribution in [-0.2, 0) is 66.7 Å². The van der Waals surface area contributed by atoms with Gasteiger partial charge in [0.1, 0.15) is 55.2 Å². The molecule has 2 fully saturated rings. The van der Waals surface area contributed by atoms with Crippen molar-refractivity contribution in [3.05, 3.63) is 0 Å². The molecule has 51 heavy (non-hydrogen) atoms. The summed E-state index contributed by atoms with van der Waals surface area (Å²) in [6.45, 7) is 3.79. The minimum absolute atomic E-state index is 0.400. The Morgan fingerprint density at radius 1 is 0.667 bits per heavy atom. The van der Waals surface area contributed by atoms with E-state index < -0.39 is 141 Å². The zero-order valence-corrected chi connectivity index (χ0v) is 28.4. The van der Waals surface area contributed by atoms with E-state index in [-0.39, 0.29) is 0 Å². The van der Waals surface area contributed by atoms with Crippen molar-refractivity contribution >= 4 is 41.7 Å². The number of carbonyl (C=O) groups excluding carboxylic acids is 5.